The smallest absolute Gasteiger partial charge is 0.410 e. The van der Waals surface area contributed by atoms with Crippen molar-refractivity contribution < 1.29 is 23.5 Å². The minimum absolute atomic E-state index is 0.142. The minimum Gasteiger partial charge on any atom is -0.464 e. The van der Waals surface area contributed by atoms with Crippen molar-refractivity contribution in [2.24, 2.45) is 0 Å². The van der Waals surface area contributed by atoms with Crippen molar-refractivity contribution in [2.75, 3.05) is 6.61 Å². The Balaban J connectivity index is 1.30. The summed E-state index contributed by atoms with van der Waals surface area (Å²) in [6, 6.07) is 16.1. The summed E-state index contributed by atoms with van der Waals surface area (Å²) in [4.78, 5) is 41.1. The topological polar surface area (TPSA) is 93.8 Å². The van der Waals surface area contributed by atoms with E-state index in [4.69, 9.17) is 9.15 Å². The van der Waals surface area contributed by atoms with Crippen molar-refractivity contribution in [1.82, 2.24) is 14.8 Å². The molecule has 5 heterocycles. The Labute approximate surface area is 219 Å². The molecule has 0 radical (unpaired) electrons. The number of rotatable bonds is 4. The second kappa shape index (κ2) is 8.75. The van der Waals surface area contributed by atoms with Gasteiger partial charge in [0.05, 0.1) is 24.7 Å². The van der Waals surface area contributed by atoms with E-state index in [0.29, 0.717) is 12.2 Å². The molecule has 3 amide bonds. The van der Waals surface area contributed by atoms with Crippen LogP contribution in [0.1, 0.15) is 61.6 Å². The number of amides is 3. The molecule has 194 valence electrons. The van der Waals surface area contributed by atoms with Crippen LogP contribution in [-0.2, 0) is 14.3 Å². The molecule has 0 aliphatic carbocycles. The zero-order chi connectivity index (χ0) is 26.0. The van der Waals surface area contributed by atoms with Crippen LogP contribution in [0.4, 0.5) is 4.79 Å². The fraction of sp³-hybridized carbons (Fsp3) is 0.367. The van der Waals surface area contributed by atoms with Gasteiger partial charge in [0.1, 0.15) is 5.58 Å². The highest BCUT2D eigenvalue weighted by molar-refractivity contribution is 6.12. The summed E-state index contributed by atoms with van der Waals surface area (Å²) in [6.45, 7) is 2.21. The first-order chi connectivity index (χ1) is 18.5. The lowest BCUT2D eigenvalue weighted by molar-refractivity contribution is -0.125. The van der Waals surface area contributed by atoms with Gasteiger partial charge in [-0.15, -0.1) is 0 Å². The molecule has 0 saturated carbocycles. The molecule has 3 aliphatic heterocycles. The van der Waals surface area contributed by atoms with Crippen LogP contribution in [0.25, 0.3) is 21.9 Å². The number of nitrogens with one attached hydrogen (secondary N) is 1. The zero-order valence-electron chi connectivity index (χ0n) is 21.1. The summed E-state index contributed by atoms with van der Waals surface area (Å²) in [7, 11) is 0. The summed E-state index contributed by atoms with van der Waals surface area (Å²) in [6.07, 6.45) is 7.08. The number of benzene rings is 2. The molecule has 0 spiro atoms. The number of nitrogens with zero attached hydrogens (tertiary/aromatic N) is 2. The minimum atomic E-state index is -0.682. The van der Waals surface area contributed by atoms with Gasteiger partial charge < -0.3 is 18.6 Å². The molecule has 3 saturated heterocycles. The van der Waals surface area contributed by atoms with Crippen LogP contribution < -0.4 is 5.32 Å². The molecule has 2 bridgehead atoms. The third-order valence-electron chi connectivity index (χ3n) is 8.68. The van der Waals surface area contributed by atoms with Gasteiger partial charge in [-0.2, -0.15) is 0 Å². The number of para-hydroxylation sites is 2. The van der Waals surface area contributed by atoms with Crippen molar-refractivity contribution in [2.45, 2.75) is 62.6 Å². The van der Waals surface area contributed by atoms with Crippen LogP contribution in [0.2, 0.25) is 0 Å². The zero-order valence-corrected chi connectivity index (χ0v) is 21.1. The van der Waals surface area contributed by atoms with Gasteiger partial charge in [0.2, 0.25) is 11.8 Å². The monoisotopic (exact) mass is 511 g/mol. The highest BCUT2D eigenvalue weighted by Crippen LogP contribution is 2.46. The number of piperidine rings is 1. The van der Waals surface area contributed by atoms with E-state index in [1.807, 2.05) is 54.3 Å². The van der Waals surface area contributed by atoms with Crippen molar-refractivity contribution in [1.29, 1.82) is 0 Å². The fourth-order valence-electron chi connectivity index (χ4n) is 7.14. The maximum Gasteiger partial charge on any atom is 0.410 e. The number of imide groups is 1. The molecule has 8 nitrogen and oxygen atoms in total. The molecule has 1 N–H and O–H groups in total. The number of carbonyl (C=O) groups excluding carboxylic acids is 3. The molecule has 3 fully saturated rings. The molecular weight excluding hydrogens is 482 g/mol. The lowest BCUT2D eigenvalue weighted by Crippen LogP contribution is -2.47. The van der Waals surface area contributed by atoms with E-state index in [9.17, 15) is 14.4 Å². The molecule has 3 aliphatic rings. The lowest BCUT2D eigenvalue weighted by atomic mass is 9.82. The summed E-state index contributed by atoms with van der Waals surface area (Å²) in [5.41, 5.74) is 3.24. The van der Waals surface area contributed by atoms with E-state index >= 15 is 0 Å². The van der Waals surface area contributed by atoms with Crippen LogP contribution in [0.3, 0.4) is 0 Å². The summed E-state index contributed by atoms with van der Waals surface area (Å²) >= 11 is 0. The van der Waals surface area contributed by atoms with Gasteiger partial charge in [0, 0.05) is 46.2 Å². The molecule has 4 atom stereocenters. The number of hydrogen-bond acceptors (Lipinski definition) is 5. The average Bonchev–Trinajstić information content (AvgIpc) is 3.66. The molecule has 7 rings (SSSR count). The predicted molar refractivity (Wildman–Crippen MR) is 141 cm³/mol. The van der Waals surface area contributed by atoms with E-state index < -0.39 is 11.8 Å². The predicted octanol–water partition coefficient (Wildman–Crippen LogP) is 5.24. The number of hydrogen-bond donors (Lipinski definition) is 1. The summed E-state index contributed by atoms with van der Waals surface area (Å²) < 4.78 is 13.4. The van der Waals surface area contributed by atoms with Crippen molar-refractivity contribution in [3.8, 4) is 0 Å². The number of carbonyl (C=O) groups is 3. The lowest BCUT2D eigenvalue weighted by Gasteiger charge is -2.39. The number of aromatic nitrogens is 1. The third kappa shape index (κ3) is 3.39. The van der Waals surface area contributed by atoms with Crippen LogP contribution in [0, 0.1) is 0 Å². The summed E-state index contributed by atoms with van der Waals surface area (Å²) in [5, 5.41) is 4.47. The maximum atomic E-state index is 13.3. The molecular formula is C30H29N3O5. The summed E-state index contributed by atoms with van der Waals surface area (Å²) in [5.74, 6) is -1.94. The first-order valence-electron chi connectivity index (χ1n) is 13.4. The molecule has 2 aromatic heterocycles. The van der Waals surface area contributed by atoms with Gasteiger partial charge >= 0.3 is 6.09 Å². The average molecular weight is 512 g/mol. The van der Waals surface area contributed by atoms with Crippen LogP contribution in [-0.4, -0.2) is 46.1 Å². The Hall–Kier alpha value is -4.07. The first-order valence-corrected chi connectivity index (χ1v) is 13.4. The van der Waals surface area contributed by atoms with Gasteiger partial charge in [0.15, 0.2) is 0 Å². The number of furan rings is 1. The standard InChI is InChI=1S/C30H29N3O5/c1-2-37-30(36)33-18-10-11-19(33)15-20(14-18)32-16-23(21-7-3-4-9-24(21)32)26-25(28(34)31-29(26)35)22-8-5-6-17-12-13-38-27(17)22/h3-9,12-13,16,18-20,25-26H,2,10-11,14-15H2,1H3,(H,31,34,35). The van der Waals surface area contributed by atoms with Crippen molar-refractivity contribution in [3.05, 3.63) is 72.1 Å². The molecule has 38 heavy (non-hydrogen) atoms. The molecule has 2 aromatic carbocycles. The van der Waals surface area contributed by atoms with E-state index in [0.717, 1.165) is 53.1 Å². The van der Waals surface area contributed by atoms with Gasteiger partial charge in [0.25, 0.3) is 0 Å². The largest absolute Gasteiger partial charge is 0.464 e. The molecule has 4 aromatic rings. The van der Waals surface area contributed by atoms with E-state index in [-0.39, 0.29) is 36.0 Å². The highest BCUT2D eigenvalue weighted by Gasteiger charge is 2.47. The second-order valence-electron chi connectivity index (χ2n) is 10.6. The van der Waals surface area contributed by atoms with Crippen molar-refractivity contribution in [3.63, 3.8) is 0 Å². The van der Waals surface area contributed by atoms with E-state index in [1.165, 1.54) is 0 Å². The van der Waals surface area contributed by atoms with E-state index in [2.05, 4.69) is 22.1 Å². The van der Waals surface area contributed by atoms with Crippen LogP contribution >= 0.6 is 0 Å². The van der Waals surface area contributed by atoms with Crippen LogP contribution in [0.5, 0.6) is 0 Å². The Morgan fingerprint density at radius 2 is 1.68 bits per heavy atom. The highest BCUT2D eigenvalue weighted by atomic mass is 16.6. The Morgan fingerprint density at radius 3 is 2.45 bits per heavy atom. The fourth-order valence-corrected chi connectivity index (χ4v) is 7.14. The third-order valence-corrected chi connectivity index (χ3v) is 8.68. The van der Waals surface area contributed by atoms with Gasteiger partial charge in [-0.1, -0.05) is 36.4 Å². The Bertz CT molecular complexity index is 1570. The quantitative estimate of drug-likeness (QED) is 0.379. The van der Waals surface area contributed by atoms with Crippen molar-refractivity contribution >= 4 is 39.8 Å². The Kier molecular flexibility index (Phi) is 5.32. The van der Waals surface area contributed by atoms with Gasteiger partial charge in [-0.3, -0.25) is 14.9 Å². The Morgan fingerprint density at radius 1 is 0.947 bits per heavy atom. The molecule has 8 heteroatoms. The van der Waals surface area contributed by atoms with E-state index in [1.54, 1.807) is 6.26 Å². The van der Waals surface area contributed by atoms with Gasteiger partial charge in [-0.25, -0.2) is 4.79 Å². The SMILES string of the molecule is CCOC(=O)N1C2CCC1CC(n1cc(C3C(=O)NC(=O)C3c3cccc4ccoc34)c3ccccc31)C2. The van der Waals surface area contributed by atoms with Crippen LogP contribution in [0.15, 0.2) is 65.4 Å². The maximum absolute atomic E-state index is 13.3. The molecule has 4 unspecified atom stereocenters. The first kappa shape index (κ1) is 23.1. The second-order valence-corrected chi connectivity index (χ2v) is 10.6. The number of ether oxygens (including phenoxy) is 1. The number of fused-ring (bicyclic) bond motifs is 4. The normalized spacial score (nSPS) is 26.9. The van der Waals surface area contributed by atoms with Gasteiger partial charge in [-0.05, 0) is 50.3 Å².